The Kier molecular flexibility index (Phi) is 4.47. The van der Waals surface area contributed by atoms with Gasteiger partial charge in [0.1, 0.15) is 5.82 Å². The average Bonchev–Trinajstić information content (AvgIpc) is 2.45. The predicted molar refractivity (Wildman–Crippen MR) is 75.7 cm³/mol. The lowest BCUT2D eigenvalue weighted by molar-refractivity contribution is 0.986. The van der Waals surface area contributed by atoms with Gasteiger partial charge in [-0.15, -0.1) is 0 Å². The van der Waals surface area contributed by atoms with Crippen molar-refractivity contribution in [3.05, 3.63) is 60.3 Å². The fourth-order valence-corrected chi connectivity index (χ4v) is 1.69. The normalized spacial score (nSPS) is 11.3. The highest BCUT2D eigenvalue weighted by molar-refractivity contribution is 6.00. The zero-order valence-electron chi connectivity index (χ0n) is 10.5. The SMILES string of the molecule is CCC/C(=N/Nc1ccccn1)c1ccccc1. The molecule has 0 spiro atoms. The van der Waals surface area contributed by atoms with Gasteiger partial charge in [0, 0.05) is 6.20 Å². The van der Waals surface area contributed by atoms with Crippen LogP contribution in [0.25, 0.3) is 0 Å². The van der Waals surface area contributed by atoms with Crippen molar-refractivity contribution in [2.24, 2.45) is 5.10 Å². The molecule has 2 rings (SSSR count). The second kappa shape index (κ2) is 6.55. The topological polar surface area (TPSA) is 37.3 Å². The monoisotopic (exact) mass is 239 g/mol. The molecule has 0 aliphatic carbocycles. The summed E-state index contributed by atoms with van der Waals surface area (Å²) in [7, 11) is 0. The van der Waals surface area contributed by atoms with E-state index in [9.17, 15) is 0 Å². The Hall–Kier alpha value is -2.16. The van der Waals surface area contributed by atoms with Crippen molar-refractivity contribution in [1.29, 1.82) is 0 Å². The molecule has 0 radical (unpaired) electrons. The third-order valence-corrected chi connectivity index (χ3v) is 2.56. The van der Waals surface area contributed by atoms with Crippen LogP contribution in [-0.4, -0.2) is 10.7 Å². The number of hydrazone groups is 1. The first kappa shape index (κ1) is 12.3. The van der Waals surface area contributed by atoms with E-state index in [0.29, 0.717) is 0 Å². The summed E-state index contributed by atoms with van der Waals surface area (Å²) < 4.78 is 0. The molecule has 0 fully saturated rings. The fraction of sp³-hybridized carbons (Fsp3) is 0.200. The van der Waals surface area contributed by atoms with Gasteiger partial charge in [-0.2, -0.15) is 5.10 Å². The van der Waals surface area contributed by atoms with Crippen molar-refractivity contribution in [3.8, 4) is 0 Å². The summed E-state index contributed by atoms with van der Waals surface area (Å²) >= 11 is 0. The molecule has 92 valence electrons. The van der Waals surface area contributed by atoms with Crippen LogP contribution in [0.1, 0.15) is 25.3 Å². The third-order valence-electron chi connectivity index (χ3n) is 2.56. The third kappa shape index (κ3) is 3.42. The van der Waals surface area contributed by atoms with E-state index in [4.69, 9.17) is 0 Å². The van der Waals surface area contributed by atoms with Crippen molar-refractivity contribution in [3.63, 3.8) is 0 Å². The van der Waals surface area contributed by atoms with Gasteiger partial charge in [-0.1, -0.05) is 49.7 Å². The predicted octanol–water partition coefficient (Wildman–Crippen LogP) is 3.70. The van der Waals surface area contributed by atoms with E-state index in [1.807, 2.05) is 36.4 Å². The van der Waals surface area contributed by atoms with Crippen LogP contribution in [0.5, 0.6) is 0 Å². The molecule has 0 aliphatic rings. The Bertz CT molecular complexity index is 492. The number of hydrogen-bond donors (Lipinski definition) is 1. The highest BCUT2D eigenvalue weighted by Gasteiger charge is 2.01. The standard InChI is InChI=1S/C15H17N3/c1-2-8-14(13-9-4-3-5-10-13)17-18-15-11-6-7-12-16-15/h3-7,9-12H,2,8H2,1H3,(H,16,18)/b17-14-. The molecule has 0 amide bonds. The summed E-state index contributed by atoms with van der Waals surface area (Å²) in [6.07, 6.45) is 3.77. The first-order valence-electron chi connectivity index (χ1n) is 6.19. The summed E-state index contributed by atoms with van der Waals surface area (Å²) in [5.41, 5.74) is 5.22. The smallest absolute Gasteiger partial charge is 0.146 e. The lowest BCUT2D eigenvalue weighted by atomic mass is 10.1. The lowest BCUT2D eigenvalue weighted by Crippen LogP contribution is -2.04. The molecular weight excluding hydrogens is 222 g/mol. The molecule has 1 aromatic heterocycles. The zero-order chi connectivity index (χ0) is 12.6. The van der Waals surface area contributed by atoms with Crippen LogP contribution < -0.4 is 5.43 Å². The second-order valence-electron chi connectivity index (χ2n) is 4.00. The van der Waals surface area contributed by atoms with E-state index in [1.165, 1.54) is 0 Å². The summed E-state index contributed by atoms with van der Waals surface area (Å²) in [5, 5.41) is 4.46. The van der Waals surface area contributed by atoms with Crippen molar-refractivity contribution in [2.45, 2.75) is 19.8 Å². The van der Waals surface area contributed by atoms with Crippen LogP contribution in [0.3, 0.4) is 0 Å². The maximum Gasteiger partial charge on any atom is 0.146 e. The molecule has 0 aliphatic heterocycles. The number of anilines is 1. The Labute approximate surface area is 108 Å². The van der Waals surface area contributed by atoms with Crippen molar-refractivity contribution in [2.75, 3.05) is 5.43 Å². The zero-order valence-corrected chi connectivity index (χ0v) is 10.5. The molecule has 3 heteroatoms. The molecule has 1 N–H and O–H groups in total. The van der Waals surface area contributed by atoms with Gasteiger partial charge in [-0.05, 0) is 24.1 Å². The van der Waals surface area contributed by atoms with Crippen LogP contribution in [-0.2, 0) is 0 Å². The maximum absolute atomic E-state index is 4.46. The molecule has 0 saturated carbocycles. The number of aromatic nitrogens is 1. The average molecular weight is 239 g/mol. The number of rotatable bonds is 5. The van der Waals surface area contributed by atoms with E-state index in [0.717, 1.165) is 29.9 Å². The van der Waals surface area contributed by atoms with Gasteiger partial charge in [0.15, 0.2) is 0 Å². The largest absolute Gasteiger partial charge is 0.261 e. The molecule has 0 saturated heterocycles. The Morgan fingerprint density at radius 3 is 2.56 bits per heavy atom. The van der Waals surface area contributed by atoms with E-state index in [2.05, 4.69) is 34.6 Å². The van der Waals surface area contributed by atoms with Gasteiger partial charge in [0.05, 0.1) is 5.71 Å². The van der Waals surface area contributed by atoms with Crippen LogP contribution in [0, 0.1) is 0 Å². The van der Waals surface area contributed by atoms with Gasteiger partial charge in [-0.25, -0.2) is 4.98 Å². The Morgan fingerprint density at radius 2 is 1.89 bits per heavy atom. The second-order valence-corrected chi connectivity index (χ2v) is 4.00. The van der Waals surface area contributed by atoms with Crippen molar-refractivity contribution < 1.29 is 0 Å². The van der Waals surface area contributed by atoms with E-state index in [1.54, 1.807) is 6.20 Å². The number of hydrogen-bond acceptors (Lipinski definition) is 3. The summed E-state index contributed by atoms with van der Waals surface area (Å²) in [6.45, 7) is 2.15. The van der Waals surface area contributed by atoms with Crippen molar-refractivity contribution >= 4 is 11.5 Å². The summed E-state index contributed by atoms with van der Waals surface area (Å²) in [5.74, 6) is 0.766. The maximum atomic E-state index is 4.46. The minimum absolute atomic E-state index is 0.766. The molecule has 1 heterocycles. The van der Waals surface area contributed by atoms with Crippen LogP contribution in [0.15, 0.2) is 59.8 Å². The highest BCUT2D eigenvalue weighted by atomic mass is 15.3. The molecule has 0 unspecified atom stereocenters. The molecule has 3 nitrogen and oxygen atoms in total. The lowest BCUT2D eigenvalue weighted by Gasteiger charge is -2.06. The Balaban J connectivity index is 2.15. The first-order valence-corrected chi connectivity index (χ1v) is 6.19. The minimum Gasteiger partial charge on any atom is -0.261 e. The highest BCUT2D eigenvalue weighted by Crippen LogP contribution is 2.08. The summed E-state index contributed by atoms with van der Waals surface area (Å²) in [4.78, 5) is 4.19. The van der Waals surface area contributed by atoms with Crippen LogP contribution in [0.4, 0.5) is 5.82 Å². The number of nitrogens with one attached hydrogen (secondary N) is 1. The Morgan fingerprint density at radius 1 is 1.11 bits per heavy atom. The number of benzene rings is 1. The van der Waals surface area contributed by atoms with Gasteiger partial charge in [-0.3, -0.25) is 5.43 Å². The molecular formula is C15H17N3. The number of pyridine rings is 1. The van der Waals surface area contributed by atoms with E-state index < -0.39 is 0 Å². The summed E-state index contributed by atoms with van der Waals surface area (Å²) in [6, 6.07) is 16.0. The van der Waals surface area contributed by atoms with E-state index >= 15 is 0 Å². The van der Waals surface area contributed by atoms with E-state index in [-0.39, 0.29) is 0 Å². The molecule has 0 atom stereocenters. The van der Waals surface area contributed by atoms with Gasteiger partial charge < -0.3 is 0 Å². The first-order chi connectivity index (χ1) is 8.90. The van der Waals surface area contributed by atoms with Gasteiger partial charge >= 0.3 is 0 Å². The quantitative estimate of drug-likeness (QED) is 0.638. The molecule has 0 bridgehead atoms. The molecule has 18 heavy (non-hydrogen) atoms. The van der Waals surface area contributed by atoms with Crippen molar-refractivity contribution in [1.82, 2.24) is 4.98 Å². The molecule has 1 aromatic carbocycles. The van der Waals surface area contributed by atoms with Gasteiger partial charge in [0.2, 0.25) is 0 Å². The minimum atomic E-state index is 0.766. The molecule has 2 aromatic rings. The van der Waals surface area contributed by atoms with Crippen LogP contribution >= 0.6 is 0 Å². The van der Waals surface area contributed by atoms with Crippen LogP contribution in [0.2, 0.25) is 0 Å². The van der Waals surface area contributed by atoms with Gasteiger partial charge in [0.25, 0.3) is 0 Å². The number of nitrogens with zero attached hydrogens (tertiary/aromatic N) is 2. The fourth-order valence-electron chi connectivity index (χ4n) is 1.69.